The summed E-state index contributed by atoms with van der Waals surface area (Å²) < 4.78 is 0. The average Bonchev–Trinajstić information content (AvgIpc) is 2.17. The molecule has 0 aliphatic heterocycles. The second-order valence-corrected chi connectivity index (χ2v) is 3.27. The predicted molar refractivity (Wildman–Crippen MR) is 62.5 cm³/mol. The third-order valence-corrected chi connectivity index (χ3v) is 2.15. The summed E-state index contributed by atoms with van der Waals surface area (Å²) in [6.07, 6.45) is 0.912. The highest BCUT2D eigenvalue weighted by Gasteiger charge is 2.10. The fourth-order valence-corrected chi connectivity index (χ4v) is 1.39. The predicted octanol–water partition coefficient (Wildman–Crippen LogP) is 1.71. The summed E-state index contributed by atoms with van der Waals surface area (Å²) in [5.74, 6) is -0.764. The molecule has 0 aliphatic carbocycles. The van der Waals surface area contributed by atoms with Crippen LogP contribution in [0.15, 0.2) is 30.3 Å². The van der Waals surface area contributed by atoms with Gasteiger partial charge in [0.25, 0.3) is 0 Å². The molecule has 0 unspecified atom stereocenters. The van der Waals surface area contributed by atoms with Crippen LogP contribution < -0.4 is 5.32 Å². The lowest BCUT2D eigenvalue weighted by molar-refractivity contribution is -0.137. The van der Waals surface area contributed by atoms with Gasteiger partial charge < -0.3 is 10.4 Å². The first-order valence-electron chi connectivity index (χ1n) is 4.65. The molecule has 0 aromatic heterocycles. The Morgan fingerprint density at radius 1 is 1.40 bits per heavy atom. The van der Waals surface area contributed by atoms with Crippen LogP contribution >= 0.6 is 12.4 Å². The fraction of sp³-hybridized carbons (Fsp3) is 0.364. The van der Waals surface area contributed by atoms with E-state index in [1.807, 2.05) is 30.3 Å². The normalized spacial score (nSPS) is 11.5. The third kappa shape index (κ3) is 5.40. The summed E-state index contributed by atoms with van der Waals surface area (Å²) in [5.41, 5.74) is 1.16. The molecule has 0 heterocycles. The number of benzene rings is 1. The molecule has 0 saturated carbocycles. The second-order valence-electron chi connectivity index (χ2n) is 3.27. The first-order valence-corrected chi connectivity index (χ1v) is 4.65. The summed E-state index contributed by atoms with van der Waals surface area (Å²) in [7, 11) is 1.79. The monoisotopic (exact) mass is 229 g/mol. The highest BCUT2D eigenvalue weighted by molar-refractivity contribution is 5.85. The zero-order chi connectivity index (χ0) is 10.4. The van der Waals surface area contributed by atoms with Gasteiger partial charge in [-0.05, 0) is 19.0 Å². The van der Waals surface area contributed by atoms with Gasteiger partial charge in [0.2, 0.25) is 0 Å². The summed E-state index contributed by atoms with van der Waals surface area (Å²) >= 11 is 0. The van der Waals surface area contributed by atoms with E-state index in [4.69, 9.17) is 5.11 Å². The van der Waals surface area contributed by atoms with Crippen molar-refractivity contribution in [1.29, 1.82) is 0 Å². The van der Waals surface area contributed by atoms with Gasteiger partial charge in [0.1, 0.15) is 0 Å². The van der Waals surface area contributed by atoms with Gasteiger partial charge in [-0.1, -0.05) is 30.3 Å². The summed E-state index contributed by atoms with van der Waals surface area (Å²) in [4.78, 5) is 10.5. The lowest BCUT2D eigenvalue weighted by atomic mass is 10.0. The topological polar surface area (TPSA) is 49.3 Å². The minimum atomic E-state index is -0.764. The van der Waals surface area contributed by atoms with E-state index < -0.39 is 5.97 Å². The van der Waals surface area contributed by atoms with Gasteiger partial charge in [0.15, 0.2) is 0 Å². The van der Waals surface area contributed by atoms with Crippen LogP contribution in [0, 0.1) is 0 Å². The Morgan fingerprint density at radius 3 is 2.47 bits per heavy atom. The van der Waals surface area contributed by atoms with E-state index in [1.165, 1.54) is 0 Å². The third-order valence-electron chi connectivity index (χ3n) is 2.15. The molecule has 0 amide bonds. The molecule has 84 valence electrons. The Balaban J connectivity index is 0.00000196. The standard InChI is InChI=1S/C11H15NO2.ClH/c1-12-10(8-11(13)14)7-9-5-3-2-4-6-9;/h2-6,10,12H,7-8H2,1H3,(H,13,14);1H/t10-;/m0./s1. The maximum absolute atomic E-state index is 10.5. The molecule has 0 fully saturated rings. The molecule has 3 nitrogen and oxygen atoms in total. The Bertz CT molecular complexity index is 290. The van der Waals surface area contributed by atoms with Crippen LogP contribution in [0.2, 0.25) is 0 Å². The second kappa shape index (κ2) is 7.26. The minimum Gasteiger partial charge on any atom is -0.481 e. The molecule has 1 aromatic rings. The quantitative estimate of drug-likeness (QED) is 0.808. The van der Waals surface area contributed by atoms with Crippen LogP contribution in [0.4, 0.5) is 0 Å². The van der Waals surface area contributed by atoms with Crippen molar-refractivity contribution in [2.45, 2.75) is 18.9 Å². The van der Waals surface area contributed by atoms with Crippen LogP contribution in [0.3, 0.4) is 0 Å². The molecule has 0 saturated heterocycles. The minimum absolute atomic E-state index is 0. The molecule has 0 radical (unpaired) electrons. The SMILES string of the molecule is CN[C@H](CC(=O)O)Cc1ccccc1.Cl. The number of hydrogen-bond acceptors (Lipinski definition) is 2. The van der Waals surface area contributed by atoms with Crippen molar-refractivity contribution in [3.63, 3.8) is 0 Å². The number of rotatable bonds is 5. The van der Waals surface area contributed by atoms with E-state index in [2.05, 4.69) is 5.32 Å². The molecular weight excluding hydrogens is 214 g/mol. The van der Waals surface area contributed by atoms with Crippen LogP contribution in [0.1, 0.15) is 12.0 Å². The van der Waals surface area contributed by atoms with Crippen LogP contribution in [0.5, 0.6) is 0 Å². The number of carboxylic acids is 1. The van der Waals surface area contributed by atoms with Gasteiger partial charge in [-0.2, -0.15) is 0 Å². The molecule has 4 heteroatoms. The number of halogens is 1. The van der Waals surface area contributed by atoms with Crippen LogP contribution in [0.25, 0.3) is 0 Å². The Morgan fingerprint density at radius 2 is 2.00 bits per heavy atom. The van der Waals surface area contributed by atoms with Crippen molar-refractivity contribution in [2.24, 2.45) is 0 Å². The fourth-order valence-electron chi connectivity index (χ4n) is 1.39. The molecule has 0 spiro atoms. The van der Waals surface area contributed by atoms with Gasteiger partial charge in [0, 0.05) is 6.04 Å². The maximum atomic E-state index is 10.5. The summed E-state index contributed by atoms with van der Waals surface area (Å²) in [5, 5.41) is 11.7. The van der Waals surface area contributed by atoms with E-state index in [9.17, 15) is 4.79 Å². The van der Waals surface area contributed by atoms with Crippen LogP contribution in [-0.4, -0.2) is 24.2 Å². The van der Waals surface area contributed by atoms with Gasteiger partial charge in [-0.3, -0.25) is 4.79 Å². The maximum Gasteiger partial charge on any atom is 0.304 e. The van der Waals surface area contributed by atoms with E-state index in [-0.39, 0.29) is 24.9 Å². The van der Waals surface area contributed by atoms with Crippen LogP contribution in [-0.2, 0) is 11.2 Å². The highest BCUT2D eigenvalue weighted by atomic mass is 35.5. The molecule has 1 rings (SSSR count). The highest BCUT2D eigenvalue weighted by Crippen LogP contribution is 2.05. The molecule has 2 N–H and O–H groups in total. The molecule has 0 bridgehead atoms. The van der Waals surface area contributed by atoms with Crippen molar-refractivity contribution in [3.05, 3.63) is 35.9 Å². The smallest absolute Gasteiger partial charge is 0.304 e. The first kappa shape index (κ1) is 13.9. The van der Waals surface area contributed by atoms with Crippen molar-refractivity contribution in [1.82, 2.24) is 5.32 Å². The number of hydrogen-bond donors (Lipinski definition) is 2. The van der Waals surface area contributed by atoms with E-state index in [0.29, 0.717) is 0 Å². The number of carbonyl (C=O) groups is 1. The zero-order valence-electron chi connectivity index (χ0n) is 8.64. The van der Waals surface area contributed by atoms with Crippen molar-refractivity contribution in [3.8, 4) is 0 Å². The Labute approximate surface area is 95.9 Å². The van der Waals surface area contributed by atoms with Gasteiger partial charge in [0.05, 0.1) is 6.42 Å². The molecule has 1 aromatic carbocycles. The average molecular weight is 230 g/mol. The van der Waals surface area contributed by atoms with E-state index >= 15 is 0 Å². The zero-order valence-corrected chi connectivity index (χ0v) is 9.46. The van der Waals surface area contributed by atoms with Crippen molar-refractivity contribution >= 4 is 18.4 Å². The molecule has 1 atom stereocenters. The number of nitrogens with one attached hydrogen (secondary N) is 1. The Kier molecular flexibility index (Phi) is 6.75. The number of aliphatic carboxylic acids is 1. The lowest BCUT2D eigenvalue weighted by Gasteiger charge is -2.13. The van der Waals surface area contributed by atoms with Gasteiger partial charge in [-0.25, -0.2) is 0 Å². The van der Waals surface area contributed by atoms with Gasteiger partial charge in [-0.15, -0.1) is 12.4 Å². The molecular formula is C11H16ClNO2. The van der Waals surface area contributed by atoms with Gasteiger partial charge >= 0.3 is 5.97 Å². The van der Waals surface area contributed by atoms with Crippen molar-refractivity contribution in [2.75, 3.05) is 7.05 Å². The van der Waals surface area contributed by atoms with E-state index in [1.54, 1.807) is 7.05 Å². The van der Waals surface area contributed by atoms with Crippen molar-refractivity contribution < 1.29 is 9.90 Å². The lowest BCUT2D eigenvalue weighted by Crippen LogP contribution is -2.30. The molecule has 0 aliphatic rings. The first-order chi connectivity index (χ1) is 6.72. The molecule has 15 heavy (non-hydrogen) atoms. The Hall–Kier alpha value is -1.06. The summed E-state index contributed by atoms with van der Waals surface area (Å²) in [6.45, 7) is 0. The summed E-state index contributed by atoms with van der Waals surface area (Å²) in [6, 6.07) is 9.90. The van der Waals surface area contributed by atoms with E-state index in [0.717, 1.165) is 12.0 Å². The number of carboxylic acid groups (broad SMARTS) is 1. The largest absolute Gasteiger partial charge is 0.481 e. The number of likely N-dealkylation sites (N-methyl/N-ethyl adjacent to an activating group) is 1.